The Hall–Kier alpha value is -1.34. The molecular weight excluding hydrogens is 218 g/mol. The van der Waals surface area contributed by atoms with Gasteiger partial charge in [0.25, 0.3) is 0 Å². The van der Waals surface area contributed by atoms with Crippen LogP contribution in [0.2, 0.25) is 0 Å². The normalized spacial score (nSPS) is 10.0. The van der Waals surface area contributed by atoms with Gasteiger partial charge in [0, 0.05) is 4.47 Å². The van der Waals surface area contributed by atoms with Crippen molar-refractivity contribution < 1.29 is 0 Å². The van der Waals surface area contributed by atoms with Crippen molar-refractivity contribution in [2.45, 2.75) is 0 Å². The number of hydrogen-bond donors (Lipinski definition) is 0. The van der Waals surface area contributed by atoms with E-state index in [1.165, 1.54) is 0 Å². The van der Waals surface area contributed by atoms with Gasteiger partial charge in [-0.15, -0.1) is 0 Å². The van der Waals surface area contributed by atoms with E-state index in [1.807, 2.05) is 12.1 Å². The summed E-state index contributed by atoms with van der Waals surface area (Å²) in [7, 11) is 0. The lowest BCUT2D eigenvalue weighted by molar-refractivity contribution is 0.938. The fourth-order valence-electron chi connectivity index (χ4n) is 1.07. The van der Waals surface area contributed by atoms with Gasteiger partial charge in [-0.2, -0.15) is 10.4 Å². The quantitative estimate of drug-likeness (QED) is 0.683. The molecule has 0 atom stereocenters. The molecule has 2 heterocycles. The second kappa shape index (κ2) is 2.61. The van der Waals surface area contributed by atoms with Crippen molar-refractivity contribution in [2.75, 3.05) is 0 Å². The van der Waals surface area contributed by atoms with E-state index < -0.39 is 0 Å². The minimum absolute atomic E-state index is 0.540. The van der Waals surface area contributed by atoms with Crippen LogP contribution in [0, 0.1) is 11.3 Å². The van der Waals surface area contributed by atoms with Gasteiger partial charge in [-0.25, -0.2) is 4.52 Å². The zero-order valence-electron chi connectivity index (χ0n) is 6.03. The first-order valence-corrected chi connectivity index (χ1v) is 4.14. The molecule has 2 rings (SSSR count). The van der Waals surface area contributed by atoms with E-state index in [0.717, 1.165) is 9.99 Å². The Morgan fingerprint density at radius 2 is 2.25 bits per heavy atom. The molecule has 0 spiro atoms. The number of nitrogens with zero attached hydrogens (tertiary/aromatic N) is 3. The summed E-state index contributed by atoms with van der Waals surface area (Å²) in [5.74, 6) is 0. The largest absolute Gasteiger partial charge is 0.222 e. The molecule has 0 unspecified atom stereocenters. The molecule has 0 radical (unpaired) electrons. The van der Waals surface area contributed by atoms with Gasteiger partial charge in [0.05, 0.1) is 11.7 Å². The van der Waals surface area contributed by atoms with Crippen molar-refractivity contribution >= 4 is 21.4 Å². The molecule has 2 aromatic heterocycles. The minimum atomic E-state index is 0.540. The second-order valence-corrected chi connectivity index (χ2v) is 3.16. The van der Waals surface area contributed by atoms with Crippen LogP contribution in [0.15, 0.2) is 28.9 Å². The zero-order valence-corrected chi connectivity index (χ0v) is 7.62. The third-order valence-corrected chi connectivity index (χ3v) is 2.29. The molecule has 58 valence electrons. The van der Waals surface area contributed by atoms with Crippen molar-refractivity contribution in [1.29, 1.82) is 5.26 Å². The van der Waals surface area contributed by atoms with Crippen molar-refractivity contribution in [3.05, 3.63) is 34.6 Å². The maximum atomic E-state index is 8.72. The van der Waals surface area contributed by atoms with Crippen LogP contribution in [0.1, 0.15) is 5.69 Å². The van der Waals surface area contributed by atoms with E-state index in [2.05, 4.69) is 27.1 Å². The summed E-state index contributed by atoms with van der Waals surface area (Å²) < 4.78 is 2.54. The summed E-state index contributed by atoms with van der Waals surface area (Å²) >= 11 is 3.37. The Balaban J connectivity index is 2.94. The number of fused-ring (bicyclic) bond motifs is 1. The fraction of sp³-hybridized carbons (Fsp3) is 0. The zero-order chi connectivity index (χ0) is 8.55. The van der Waals surface area contributed by atoms with Gasteiger partial charge >= 0.3 is 0 Å². The lowest BCUT2D eigenvalue weighted by Gasteiger charge is -1.97. The molecule has 3 nitrogen and oxygen atoms in total. The summed E-state index contributed by atoms with van der Waals surface area (Å²) in [5, 5.41) is 12.7. The van der Waals surface area contributed by atoms with Crippen molar-refractivity contribution in [3.8, 4) is 6.07 Å². The van der Waals surface area contributed by atoms with Crippen LogP contribution >= 0.6 is 15.9 Å². The summed E-state index contributed by atoms with van der Waals surface area (Å²) in [6.07, 6.45) is 1.67. The first-order chi connectivity index (χ1) is 5.83. The first kappa shape index (κ1) is 7.32. The third kappa shape index (κ3) is 0.908. The molecular formula is C8H4BrN3. The van der Waals surface area contributed by atoms with Gasteiger partial charge in [-0.05, 0) is 34.1 Å². The number of rotatable bonds is 0. The third-order valence-electron chi connectivity index (χ3n) is 1.62. The molecule has 0 N–H and O–H groups in total. The summed E-state index contributed by atoms with van der Waals surface area (Å²) in [6, 6.07) is 7.48. The van der Waals surface area contributed by atoms with E-state index in [1.54, 1.807) is 16.8 Å². The Kier molecular flexibility index (Phi) is 1.59. The van der Waals surface area contributed by atoms with E-state index >= 15 is 0 Å². The molecule has 0 aromatic carbocycles. The highest BCUT2D eigenvalue weighted by atomic mass is 79.9. The lowest BCUT2D eigenvalue weighted by atomic mass is 10.3. The van der Waals surface area contributed by atoms with Gasteiger partial charge in [-0.3, -0.25) is 0 Å². The molecule has 0 amide bonds. The molecule has 0 saturated heterocycles. The van der Waals surface area contributed by atoms with Crippen LogP contribution < -0.4 is 0 Å². The van der Waals surface area contributed by atoms with Gasteiger partial charge in [-0.1, -0.05) is 0 Å². The standard InChI is InChI=1S/C8H4BrN3/c9-7-2-1-6(5-10)12-8(7)3-4-11-12/h1-4H. The van der Waals surface area contributed by atoms with Gasteiger partial charge in [0.1, 0.15) is 11.8 Å². The van der Waals surface area contributed by atoms with Crippen LogP contribution in [-0.2, 0) is 0 Å². The Morgan fingerprint density at radius 1 is 1.42 bits per heavy atom. The SMILES string of the molecule is N#Cc1ccc(Br)c2ccnn12. The van der Waals surface area contributed by atoms with E-state index in [0.29, 0.717) is 5.69 Å². The smallest absolute Gasteiger partial charge is 0.142 e. The molecule has 4 heteroatoms. The van der Waals surface area contributed by atoms with Crippen LogP contribution in [0.3, 0.4) is 0 Å². The van der Waals surface area contributed by atoms with Crippen LogP contribution in [0.25, 0.3) is 5.52 Å². The lowest BCUT2D eigenvalue weighted by Crippen LogP contribution is -1.93. The summed E-state index contributed by atoms with van der Waals surface area (Å²) in [5.41, 5.74) is 1.45. The van der Waals surface area contributed by atoms with Gasteiger partial charge in [0.2, 0.25) is 0 Å². The fourth-order valence-corrected chi connectivity index (χ4v) is 1.50. The predicted octanol–water partition coefficient (Wildman–Crippen LogP) is 1.97. The Labute approximate surface area is 77.4 Å². The molecule has 12 heavy (non-hydrogen) atoms. The van der Waals surface area contributed by atoms with Crippen LogP contribution in [0.5, 0.6) is 0 Å². The molecule has 0 bridgehead atoms. The van der Waals surface area contributed by atoms with E-state index in [-0.39, 0.29) is 0 Å². The van der Waals surface area contributed by atoms with Gasteiger partial charge < -0.3 is 0 Å². The number of pyridine rings is 1. The maximum Gasteiger partial charge on any atom is 0.142 e. The molecule has 0 aliphatic carbocycles. The highest BCUT2D eigenvalue weighted by Crippen LogP contribution is 2.18. The topological polar surface area (TPSA) is 41.1 Å². The van der Waals surface area contributed by atoms with Crippen molar-refractivity contribution in [2.24, 2.45) is 0 Å². The number of hydrogen-bond acceptors (Lipinski definition) is 2. The predicted molar refractivity (Wildman–Crippen MR) is 47.6 cm³/mol. The highest BCUT2D eigenvalue weighted by Gasteiger charge is 2.02. The molecule has 0 aliphatic heterocycles. The Bertz CT molecular complexity index is 467. The average Bonchev–Trinajstić information content (AvgIpc) is 2.54. The molecule has 0 fully saturated rings. The van der Waals surface area contributed by atoms with Gasteiger partial charge in [0.15, 0.2) is 0 Å². The maximum absolute atomic E-state index is 8.72. The van der Waals surface area contributed by atoms with Crippen LogP contribution in [0.4, 0.5) is 0 Å². The number of nitriles is 1. The second-order valence-electron chi connectivity index (χ2n) is 2.31. The molecule has 0 aliphatic rings. The Morgan fingerprint density at radius 3 is 3.00 bits per heavy atom. The number of halogens is 1. The first-order valence-electron chi connectivity index (χ1n) is 3.35. The average molecular weight is 222 g/mol. The van der Waals surface area contributed by atoms with E-state index in [4.69, 9.17) is 5.26 Å². The van der Waals surface area contributed by atoms with E-state index in [9.17, 15) is 0 Å². The summed E-state index contributed by atoms with van der Waals surface area (Å²) in [6.45, 7) is 0. The highest BCUT2D eigenvalue weighted by molar-refractivity contribution is 9.10. The van der Waals surface area contributed by atoms with Crippen molar-refractivity contribution in [1.82, 2.24) is 9.61 Å². The minimum Gasteiger partial charge on any atom is -0.222 e. The van der Waals surface area contributed by atoms with Crippen molar-refractivity contribution in [3.63, 3.8) is 0 Å². The molecule has 2 aromatic rings. The van der Waals surface area contributed by atoms with Crippen LogP contribution in [-0.4, -0.2) is 9.61 Å². The number of aromatic nitrogens is 2. The monoisotopic (exact) mass is 221 g/mol. The summed E-state index contributed by atoms with van der Waals surface area (Å²) in [4.78, 5) is 0. The molecule has 0 saturated carbocycles.